The van der Waals surface area contributed by atoms with Crippen LogP contribution in [0.5, 0.6) is 0 Å². The Morgan fingerprint density at radius 2 is 1.83 bits per heavy atom. The maximum absolute atomic E-state index is 12.6. The van der Waals surface area contributed by atoms with Gasteiger partial charge in [0.25, 0.3) is 0 Å². The molecule has 5 rings (SSSR count). The highest BCUT2D eigenvalue weighted by Crippen LogP contribution is 2.73. The normalized spacial score (nSPS) is 61.6. The van der Waals surface area contributed by atoms with Crippen LogP contribution in [0.25, 0.3) is 0 Å². The lowest BCUT2D eigenvalue weighted by molar-refractivity contribution is -0.355. The van der Waals surface area contributed by atoms with Crippen LogP contribution >= 0.6 is 0 Å². The molecule has 168 valence electrons. The molecule has 4 fully saturated rings. The van der Waals surface area contributed by atoms with Crippen LogP contribution in [0.15, 0.2) is 11.6 Å². The number of rotatable bonds is 1. The smallest absolute Gasteiger partial charge is 0.338 e. The lowest BCUT2D eigenvalue weighted by Gasteiger charge is -2.71. The van der Waals surface area contributed by atoms with E-state index in [0.717, 1.165) is 5.57 Å². The number of methoxy groups -OCH3 is 1. The standard InChI is InChI=1S/C21H30O9/c1-8-5-10(28-4)14(23)18(2)9(8)6-11-20-7-29-19(3,15(24)12(22)13(18)20)21(20,27)16(25)17(26)30-11/h5,9-16,22-25,27H,6-7H2,1-4H3/t9-,10-,11+,12+,13+,14+,15-,16-,18-,19+,20+,21+/m0/s1. The molecule has 0 aromatic rings. The predicted molar refractivity (Wildman–Crippen MR) is 99.9 cm³/mol. The van der Waals surface area contributed by atoms with Crippen molar-refractivity contribution in [2.24, 2.45) is 22.7 Å². The summed E-state index contributed by atoms with van der Waals surface area (Å²) in [6, 6.07) is 0. The number of hydrogen-bond donors (Lipinski definition) is 5. The third-order valence-electron chi connectivity index (χ3n) is 9.38. The lowest BCUT2D eigenvalue weighted by Crippen LogP contribution is -2.86. The molecule has 0 aromatic carbocycles. The maximum atomic E-state index is 12.6. The summed E-state index contributed by atoms with van der Waals surface area (Å²) >= 11 is 0. The third kappa shape index (κ3) is 1.81. The predicted octanol–water partition coefficient (Wildman–Crippen LogP) is -1.51. The molecule has 2 bridgehead atoms. The number of carbonyl (C=O) groups excluding carboxylic acids is 1. The first kappa shape index (κ1) is 20.8. The summed E-state index contributed by atoms with van der Waals surface area (Å²) in [5.41, 5.74) is -5.54. The van der Waals surface area contributed by atoms with E-state index in [1.807, 2.05) is 13.0 Å². The van der Waals surface area contributed by atoms with Crippen LogP contribution in [0.3, 0.4) is 0 Å². The summed E-state index contributed by atoms with van der Waals surface area (Å²) in [5, 5.41) is 56.7. The minimum atomic E-state index is -2.20. The Bertz CT molecular complexity index is 829. The van der Waals surface area contributed by atoms with Crippen molar-refractivity contribution in [2.45, 2.75) is 75.0 Å². The van der Waals surface area contributed by atoms with Crippen LogP contribution in [-0.2, 0) is 19.0 Å². The van der Waals surface area contributed by atoms with Gasteiger partial charge in [0, 0.05) is 18.4 Å². The van der Waals surface area contributed by atoms with Crippen molar-refractivity contribution >= 4 is 5.97 Å². The zero-order chi connectivity index (χ0) is 22.0. The molecule has 2 aliphatic heterocycles. The van der Waals surface area contributed by atoms with Crippen LogP contribution < -0.4 is 0 Å². The van der Waals surface area contributed by atoms with Crippen molar-refractivity contribution in [3.63, 3.8) is 0 Å². The van der Waals surface area contributed by atoms with Gasteiger partial charge in [0.1, 0.15) is 29.5 Å². The van der Waals surface area contributed by atoms with Gasteiger partial charge in [0.05, 0.1) is 24.2 Å². The van der Waals surface area contributed by atoms with Crippen molar-refractivity contribution in [3.05, 3.63) is 11.6 Å². The maximum Gasteiger partial charge on any atom is 0.338 e. The van der Waals surface area contributed by atoms with Gasteiger partial charge >= 0.3 is 5.97 Å². The van der Waals surface area contributed by atoms with E-state index in [1.165, 1.54) is 14.0 Å². The van der Waals surface area contributed by atoms with Crippen LogP contribution in [0.1, 0.15) is 27.2 Å². The Morgan fingerprint density at radius 3 is 2.47 bits per heavy atom. The Labute approximate surface area is 174 Å². The van der Waals surface area contributed by atoms with Crippen molar-refractivity contribution in [1.82, 2.24) is 0 Å². The summed E-state index contributed by atoms with van der Waals surface area (Å²) in [6.07, 6.45) is -5.42. The van der Waals surface area contributed by atoms with Crippen LogP contribution in [0, 0.1) is 22.7 Å². The summed E-state index contributed by atoms with van der Waals surface area (Å²) in [5.74, 6) is -2.23. The van der Waals surface area contributed by atoms with Crippen molar-refractivity contribution < 1.29 is 44.5 Å². The Balaban J connectivity index is 1.80. The molecule has 0 aromatic heterocycles. The molecular formula is C21H30O9. The molecule has 9 heteroatoms. The highest BCUT2D eigenvalue weighted by molar-refractivity contribution is 5.79. The van der Waals surface area contributed by atoms with E-state index in [1.54, 1.807) is 6.92 Å². The second-order valence-electron chi connectivity index (χ2n) is 10.2. The number of fused-ring (bicyclic) bond motifs is 2. The van der Waals surface area contributed by atoms with Gasteiger partial charge in [-0.2, -0.15) is 0 Å². The number of hydrogen-bond acceptors (Lipinski definition) is 9. The summed E-state index contributed by atoms with van der Waals surface area (Å²) in [4.78, 5) is 12.6. The number of aliphatic hydroxyl groups excluding tert-OH is 4. The summed E-state index contributed by atoms with van der Waals surface area (Å²) in [6.45, 7) is 4.97. The summed E-state index contributed by atoms with van der Waals surface area (Å²) < 4.78 is 17.0. The van der Waals surface area contributed by atoms with Crippen LogP contribution in [0.4, 0.5) is 0 Å². The highest BCUT2D eigenvalue weighted by atomic mass is 16.6. The second-order valence-corrected chi connectivity index (χ2v) is 10.2. The first-order valence-corrected chi connectivity index (χ1v) is 10.4. The number of aliphatic hydroxyl groups is 5. The van der Waals surface area contributed by atoms with E-state index >= 15 is 0 Å². The molecule has 5 N–H and O–H groups in total. The molecular weight excluding hydrogens is 396 g/mol. The molecule has 1 spiro atoms. The number of allylic oxidation sites excluding steroid dienone is 1. The Hall–Kier alpha value is -1.07. The second kappa shape index (κ2) is 5.83. The lowest BCUT2D eigenvalue weighted by atomic mass is 9.36. The number of esters is 1. The molecule has 2 heterocycles. The molecule has 0 radical (unpaired) electrons. The molecule has 3 aliphatic carbocycles. The minimum absolute atomic E-state index is 0.136. The molecule has 5 aliphatic rings. The van der Waals surface area contributed by atoms with Gasteiger partial charge in [-0.3, -0.25) is 0 Å². The third-order valence-corrected chi connectivity index (χ3v) is 9.38. The van der Waals surface area contributed by atoms with E-state index in [4.69, 9.17) is 14.2 Å². The fourth-order valence-electron chi connectivity index (χ4n) is 7.90. The van der Waals surface area contributed by atoms with E-state index in [-0.39, 0.29) is 18.9 Å². The number of carbonyl (C=O) groups is 1. The molecule has 2 saturated carbocycles. The van der Waals surface area contributed by atoms with E-state index in [9.17, 15) is 30.3 Å². The fraction of sp³-hybridized carbons (Fsp3) is 0.857. The zero-order valence-corrected chi connectivity index (χ0v) is 17.5. The van der Waals surface area contributed by atoms with E-state index in [2.05, 4.69) is 0 Å². The fourth-order valence-corrected chi connectivity index (χ4v) is 7.90. The molecule has 9 nitrogen and oxygen atoms in total. The topological polar surface area (TPSA) is 146 Å². The van der Waals surface area contributed by atoms with Gasteiger partial charge in [0.2, 0.25) is 0 Å². The Morgan fingerprint density at radius 1 is 1.17 bits per heavy atom. The van der Waals surface area contributed by atoms with Gasteiger partial charge in [-0.15, -0.1) is 0 Å². The largest absolute Gasteiger partial charge is 0.460 e. The van der Waals surface area contributed by atoms with Crippen molar-refractivity contribution in [2.75, 3.05) is 13.7 Å². The van der Waals surface area contributed by atoms with Crippen LogP contribution in [0.2, 0.25) is 0 Å². The monoisotopic (exact) mass is 426 g/mol. The SMILES string of the molecule is CO[C@H]1C=C(C)[C@@H]2C[C@H]3OC(=O)[C@H](O)[C@]4(O)[C@]35CO[C@]4(C)[C@@H](O)[C@H](O)[C@@H]5[C@@]2(C)[C@@H]1O. The van der Waals surface area contributed by atoms with Gasteiger partial charge in [-0.05, 0) is 26.2 Å². The average molecular weight is 426 g/mol. The molecule has 0 unspecified atom stereocenters. The first-order valence-electron chi connectivity index (χ1n) is 10.4. The zero-order valence-electron chi connectivity index (χ0n) is 17.5. The molecule has 30 heavy (non-hydrogen) atoms. The van der Waals surface area contributed by atoms with Gasteiger partial charge in [0.15, 0.2) is 6.10 Å². The molecule has 0 amide bonds. The quantitative estimate of drug-likeness (QED) is 0.250. The van der Waals surface area contributed by atoms with Gasteiger partial charge in [-0.1, -0.05) is 18.6 Å². The number of ether oxygens (including phenoxy) is 3. The van der Waals surface area contributed by atoms with Gasteiger partial charge in [-0.25, -0.2) is 4.79 Å². The molecule has 12 atom stereocenters. The van der Waals surface area contributed by atoms with Gasteiger partial charge < -0.3 is 39.7 Å². The van der Waals surface area contributed by atoms with Crippen LogP contribution in [-0.4, -0.2) is 93.0 Å². The minimum Gasteiger partial charge on any atom is -0.460 e. The highest BCUT2D eigenvalue weighted by Gasteiger charge is 2.88. The average Bonchev–Trinajstić information content (AvgIpc) is 2.89. The summed E-state index contributed by atoms with van der Waals surface area (Å²) in [7, 11) is 1.48. The first-order chi connectivity index (χ1) is 13.9. The molecule has 2 saturated heterocycles. The van der Waals surface area contributed by atoms with E-state index in [0.29, 0.717) is 0 Å². The van der Waals surface area contributed by atoms with Crippen molar-refractivity contribution in [3.8, 4) is 0 Å². The van der Waals surface area contributed by atoms with Crippen molar-refractivity contribution in [1.29, 1.82) is 0 Å². The van der Waals surface area contributed by atoms with E-state index < -0.39 is 70.5 Å². The Kier molecular flexibility index (Phi) is 4.05.